The number of aromatic nitrogens is 6. The van der Waals surface area contributed by atoms with Gasteiger partial charge in [0.05, 0.1) is 53.0 Å². The topological polar surface area (TPSA) is 221 Å². The van der Waals surface area contributed by atoms with Gasteiger partial charge in [0.1, 0.15) is 51.5 Å². The quantitative estimate of drug-likeness (QED) is 0.144. The van der Waals surface area contributed by atoms with Gasteiger partial charge in [0, 0.05) is 61.8 Å². The first kappa shape index (κ1) is 43.9. The lowest BCUT2D eigenvalue weighted by molar-refractivity contribution is 0.0587. The molecular weight excluding hydrogens is 813 g/mol. The molecule has 20 heteroatoms. The Labute approximate surface area is 363 Å². The molecule has 63 heavy (non-hydrogen) atoms. The molecule has 6 heterocycles. The second kappa shape index (κ2) is 18.4. The predicted molar refractivity (Wildman–Crippen MR) is 236 cm³/mol. The molecule has 8 rings (SSSR count). The van der Waals surface area contributed by atoms with Crippen LogP contribution in [0, 0.1) is 0 Å². The zero-order valence-corrected chi connectivity index (χ0v) is 36.7. The molecule has 0 spiro atoms. The van der Waals surface area contributed by atoms with E-state index in [2.05, 4.69) is 46.7 Å². The summed E-state index contributed by atoms with van der Waals surface area (Å²) in [5.74, 6) is 2.85. The minimum Gasteiger partial charge on any atom is -0.497 e. The molecule has 8 bridgehead atoms. The smallest absolute Gasteiger partial charge is 0.415 e. The van der Waals surface area contributed by atoms with Crippen LogP contribution >= 0.6 is 0 Å². The Morgan fingerprint density at radius 1 is 0.762 bits per heavy atom. The summed E-state index contributed by atoms with van der Waals surface area (Å²) >= 11 is 0. The number of benzene rings is 2. The Balaban J connectivity index is 0.000000193. The second-order valence-electron chi connectivity index (χ2n) is 16.1. The molecule has 4 aromatic heterocycles. The van der Waals surface area contributed by atoms with Crippen LogP contribution in [-0.2, 0) is 27.4 Å². The van der Waals surface area contributed by atoms with E-state index in [0.717, 1.165) is 22.6 Å². The van der Waals surface area contributed by atoms with E-state index in [4.69, 9.17) is 23.7 Å². The Morgan fingerprint density at radius 2 is 1.25 bits per heavy atom. The van der Waals surface area contributed by atoms with Crippen molar-refractivity contribution in [3.8, 4) is 11.5 Å². The molecule has 0 aliphatic carbocycles. The number of methoxy groups -OCH3 is 2. The number of carbonyl (C=O) groups is 3. The molecule has 20 nitrogen and oxygen atoms in total. The number of nitrogens with zero attached hydrogens (tertiary/aromatic N) is 7. The fourth-order valence-corrected chi connectivity index (χ4v) is 6.76. The number of fused-ring (bicyclic) bond motifs is 6. The van der Waals surface area contributed by atoms with Gasteiger partial charge in [-0.1, -0.05) is 0 Å². The van der Waals surface area contributed by atoms with Gasteiger partial charge < -0.3 is 50.3 Å². The highest BCUT2D eigenvalue weighted by Gasteiger charge is 2.26. The maximum atomic E-state index is 13.0. The molecule has 0 saturated heterocycles. The fraction of sp³-hybridized carbons (Fsp3) is 0.372. The minimum atomic E-state index is -0.684. The molecule has 0 saturated carbocycles. The van der Waals surface area contributed by atoms with Crippen molar-refractivity contribution in [2.24, 2.45) is 0 Å². The molecule has 6 aromatic rings. The molecular formula is C43H52N12O8. The van der Waals surface area contributed by atoms with Crippen LogP contribution in [0.5, 0.6) is 11.5 Å². The molecule has 2 atom stereocenters. The van der Waals surface area contributed by atoms with E-state index >= 15 is 0 Å². The highest BCUT2D eigenvalue weighted by atomic mass is 16.6. The summed E-state index contributed by atoms with van der Waals surface area (Å²) in [6.07, 6.45) is 2.38. The van der Waals surface area contributed by atoms with Crippen LogP contribution in [0.25, 0.3) is 11.3 Å². The molecule has 5 N–H and O–H groups in total. The average Bonchev–Trinajstić information content (AvgIpc) is 3.87. The third kappa shape index (κ3) is 10.3. The van der Waals surface area contributed by atoms with Crippen molar-refractivity contribution in [1.29, 1.82) is 0 Å². The maximum absolute atomic E-state index is 13.0. The second-order valence-corrected chi connectivity index (χ2v) is 16.1. The lowest BCUT2D eigenvalue weighted by Gasteiger charge is -2.25. The third-order valence-electron chi connectivity index (χ3n) is 9.66. The number of anilines is 6. The van der Waals surface area contributed by atoms with E-state index < -0.39 is 11.7 Å². The SMILES string of the molecule is CNc1cc2nc3c(cnn13)C(=O)N[C@H](C)COCc1cc(cc(OC)c1)N2.COc1cc2cc(c1)Nc1cc(N(C)C(=O)OC(C)(C)C)n3ncc(c3n1)C(=O)N[C@H](C)COC2. The van der Waals surface area contributed by atoms with Gasteiger partial charge in [-0.3, -0.25) is 14.5 Å². The average molecular weight is 865 g/mol. The van der Waals surface area contributed by atoms with Crippen molar-refractivity contribution in [3.05, 3.63) is 83.2 Å². The molecule has 0 unspecified atom stereocenters. The molecule has 2 aliphatic rings. The number of hydrogen-bond donors (Lipinski definition) is 5. The summed E-state index contributed by atoms with van der Waals surface area (Å²) in [6.45, 7) is 10.6. The van der Waals surface area contributed by atoms with Crippen molar-refractivity contribution in [1.82, 2.24) is 39.8 Å². The van der Waals surface area contributed by atoms with E-state index in [1.165, 1.54) is 21.8 Å². The maximum Gasteiger partial charge on any atom is 0.415 e. The summed E-state index contributed by atoms with van der Waals surface area (Å²) in [5.41, 5.74) is 4.09. The number of ether oxygens (including phenoxy) is 5. The van der Waals surface area contributed by atoms with Gasteiger partial charge in [-0.15, -0.1) is 0 Å². The van der Waals surface area contributed by atoms with Crippen LogP contribution in [0.3, 0.4) is 0 Å². The van der Waals surface area contributed by atoms with Crippen LogP contribution in [0.2, 0.25) is 0 Å². The van der Waals surface area contributed by atoms with Crippen molar-refractivity contribution < 1.29 is 38.1 Å². The summed E-state index contributed by atoms with van der Waals surface area (Å²) < 4.78 is 31.0. The number of rotatable bonds is 4. The van der Waals surface area contributed by atoms with Crippen LogP contribution in [0.4, 0.5) is 39.4 Å². The van der Waals surface area contributed by atoms with Gasteiger partial charge in [-0.2, -0.15) is 19.2 Å². The zero-order valence-electron chi connectivity index (χ0n) is 36.7. The fourth-order valence-electron chi connectivity index (χ4n) is 6.76. The van der Waals surface area contributed by atoms with Crippen molar-refractivity contribution in [2.75, 3.05) is 62.4 Å². The third-order valence-corrected chi connectivity index (χ3v) is 9.66. The van der Waals surface area contributed by atoms with E-state index in [1.807, 2.05) is 56.3 Å². The highest BCUT2D eigenvalue weighted by molar-refractivity contribution is 6.01. The van der Waals surface area contributed by atoms with Gasteiger partial charge in [-0.05, 0) is 70.0 Å². The first-order valence-electron chi connectivity index (χ1n) is 20.2. The van der Waals surface area contributed by atoms with Crippen molar-refractivity contribution in [3.63, 3.8) is 0 Å². The molecule has 332 valence electrons. The summed E-state index contributed by atoms with van der Waals surface area (Å²) in [6, 6.07) is 14.5. The highest BCUT2D eigenvalue weighted by Crippen LogP contribution is 2.30. The van der Waals surface area contributed by atoms with Crippen LogP contribution in [-0.4, -0.2) is 106 Å². The number of hydrogen-bond acceptors (Lipinski definition) is 15. The molecule has 2 aromatic carbocycles. The normalized spacial score (nSPS) is 16.6. The Kier molecular flexibility index (Phi) is 12.8. The van der Waals surface area contributed by atoms with Gasteiger partial charge >= 0.3 is 6.09 Å². The first-order valence-corrected chi connectivity index (χ1v) is 20.2. The van der Waals surface area contributed by atoms with E-state index in [9.17, 15) is 14.4 Å². The van der Waals surface area contributed by atoms with Gasteiger partial charge in [-0.25, -0.2) is 14.8 Å². The zero-order chi connectivity index (χ0) is 45.0. The van der Waals surface area contributed by atoms with E-state index in [1.54, 1.807) is 59.7 Å². The Morgan fingerprint density at radius 3 is 1.75 bits per heavy atom. The van der Waals surface area contributed by atoms with Crippen molar-refractivity contribution >= 4 is 63.8 Å². The standard InChI is InChI=1S/C24H30N6O5.C19H22N6O3/c1-14-12-34-13-15-7-16(9-17(8-15)33-6)27-19-10-20(29(5)23(32)35-24(2,3)4)30-21(28-19)18(11-25-30)22(31)26-14;1-11-9-28-10-12-4-13(6-14(5-12)27-3)23-16-7-17(20-2)25-18(24-16)15(8-21-25)19(26)22-11/h7-11,14H,12-13H2,1-6H3,(H,26,31)(H,27,28);4-8,11,20H,9-10H2,1-3H3,(H,22,26)(H,23,24)/t14-;11-/m11/s1. The summed E-state index contributed by atoms with van der Waals surface area (Å²) in [4.78, 5) is 49.2. The summed E-state index contributed by atoms with van der Waals surface area (Å²) in [7, 11) is 6.59. The molecule has 0 fully saturated rings. The Hall–Kier alpha value is -7.19. The van der Waals surface area contributed by atoms with Gasteiger partial charge in [0.25, 0.3) is 11.8 Å². The lowest BCUT2D eigenvalue weighted by atomic mass is 10.2. The van der Waals surface area contributed by atoms with Crippen LogP contribution < -0.4 is 41.0 Å². The minimum absolute atomic E-state index is 0.166. The van der Waals surface area contributed by atoms with Crippen LogP contribution in [0.15, 0.2) is 60.9 Å². The predicted octanol–water partition coefficient (Wildman–Crippen LogP) is 5.67. The van der Waals surface area contributed by atoms with Crippen molar-refractivity contribution in [2.45, 2.75) is 65.5 Å². The molecule has 3 amide bonds. The van der Waals surface area contributed by atoms with Gasteiger partial charge in [0.2, 0.25) is 0 Å². The molecule has 0 radical (unpaired) electrons. The largest absolute Gasteiger partial charge is 0.497 e. The first-order chi connectivity index (χ1) is 30.1. The molecule has 2 aliphatic heterocycles. The van der Waals surface area contributed by atoms with Gasteiger partial charge in [0.15, 0.2) is 11.3 Å². The lowest BCUT2D eigenvalue weighted by Crippen LogP contribution is -2.36. The van der Waals surface area contributed by atoms with E-state index in [0.29, 0.717) is 72.3 Å². The van der Waals surface area contributed by atoms with E-state index in [-0.39, 0.29) is 35.1 Å². The number of carbonyl (C=O) groups excluding carboxylic acids is 3. The monoisotopic (exact) mass is 864 g/mol. The number of nitrogens with one attached hydrogen (secondary N) is 5. The number of amides is 3. The summed E-state index contributed by atoms with van der Waals surface area (Å²) in [5, 5.41) is 24.1. The Bertz CT molecular complexity index is 2660. The van der Waals surface area contributed by atoms with Crippen LogP contribution in [0.1, 0.15) is 66.5 Å².